The van der Waals surface area contributed by atoms with Crippen LogP contribution in [0.2, 0.25) is 0 Å². The van der Waals surface area contributed by atoms with E-state index in [1.165, 1.54) is 0 Å². The smallest absolute Gasteiger partial charge is 0.326 e. The number of sulfonamides is 1. The molecule has 0 spiro atoms. The van der Waals surface area contributed by atoms with E-state index in [2.05, 4.69) is 14.7 Å². The molecule has 9 nitrogen and oxygen atoms in total. The van der Waals surface area contributed by atoms with E-state index in [4.69, 9.17) is 4.74 Å². The van der Waals surface area contributed by atoms with Crippen LogP contribution in [0.4, 0.5) is 0 Å². The minimum Gasteiger partial charge on any atom is -0.466 e. The lowest BCUT2D eigenvalue weighted by Crippen LogP contribution is -2.22. The van der Waals surface area contributed by atoms with E-state index in [-0.39, 0.29) is 23.2 Å². The summed E-state index contributed by atoms with van der Waals surface area (Å²) in [5.74, 6) is 0.115. The number of aromatic amines is 1. The summed E-state index contributed by atoms with van der Waals surface area (Å²) in [6.45, 7) is 1.21. The van der Waals surface area contributed by atoms with Crippen molar-refractivity contribution in [3.8, 4) is 0 Å². The van der Waals surface area contributed by atoms with Crippen LogP contribution < -0.4 is 10.4 Å². The van der Waals surface area contributed by atoms with E-state index >= 15 is 0 Å². The Bertz CT molecular complexity index is 1340. The standard InChI is InChI=1S/C23H26N4O5S/c28-21(32-16-8-15-27-19-11-5-4-10-18(19)25-23(27)29)13-2-1-7-14-24-22-17-9-3-6-12-20(17)33(30,31)26-22/h3-6,9-12H,1-2,7-8,13-16H2,(H,24,26)(H,25,29). The molecule has 0 atom stereocenters. The SMILES string of the molecule is O=C(CCCCCN=C1NS(=O)(=O)c2ccccc21)OCCCn1c(=O)[nH]c2ccccc21. The molecule has 0 bridgehead atoms. The highest BCUT2D eigenvalue weighted by Gasteiger charge is 2.29. The van der Waals surface area contributed by atoms with Crippen LogP contribution in [0.25, 0.3) is 11.0 Å². The third-order valence-corrected chi connectivity index (χ3v) is 6.84. The maximum absolute atomic E-state index is 12.1. The predicted molar refractivity (Wildman–Crippen MR) is 125 cm³/mol. The first-order chi connectivity index (χ1) is 16.0. The average Bonchev–Trinajstić information content (AvgIpc) is 3.26. The molecule has 0 radical (unpaired) electrons. The average molecular weight is 471 g/mol. The fourth-order valence-corrected chi connectivity index (χ4v) is 5.06. The number of nitrogens with one attached hydrogen (secondary N) is 2. The van der Waals surface area contributed by atoms with E-state index in [1.807, 2.05) is 24.3 Å². The number of amidine groups is 1. The minimum absolute atomic E-state index is 0.167. The lowest BCUT2D eigenvalue weighted by atomic mass is 10.2. The van der Waals surface area contributed by atoms with Gasteiger partial charge in [0.25, 0.3) is 10.0 Å². The molecule has 1 aromatic heterocycles. The van der Waals surface area contributed by atoms with Gasteiger partial charge in [0.05, 0.1) is 22.5 Å². The van der Waals surface area contributed by atoms with Gasteiger partial charge in [-0.15, -0.1) is 0 Å². The first-order valence-corrected chi connectivity index (χ1v) is 12.4. The second-order valence-corrected chi connectivity index (χ2v) is 9.47. The highest BCUT2D eigenvalue weighted by molar-refractivity contribution is 7.90. The summed E-state index contributed by atoms with van der Waals surface area (Å²) in [7, 11) is -3.51. The van der Waals surface area contributed by atoms with Gasteiger partial charge in [0.15, 0.2) is 0 Å². The van der Waals surface area contributed by atoms with Crippen molar-refractivity contribution in [1.29, 1.82) is 0 Å². The second kappa shape index (κ2) is 10.0. The monoisotopic (exact) mass is 470 g/mol. The van der Waals surface area contributed by atoms with Crippen molar-refractivity contribution in [3.63, 3.8) is 0 Å². The molecule has 1 aliphatic heterocycles. The Hall–Kier alpha value is -3.40. The Kier molecular flexibility index (Phi) is 6.93. The number of fused-ring (bicyclic) bond motifs is 2. The van der Waals surface area contributed by atoms with E-state index < -0.39 is 10.0 Å². The van der Waals surface area contributed by atoms with E-state index in [0.717, 1.165) is 23.9 Å². The van der Waals surface area contributed by atoms with Gasteiger partial charge >= 0.3 is 11.7 Å². The zero-order chi connectivity index (χ0) is 23.3. The molecule has 0 saturated heterocycles. The summed E-state index contributed by atoms with van der Waals surface area (Å²) in [6, 6.07) is 14.2. The fourth-order valence-electron chi connectivity index (χ4n) is 3.81. The Labute approximate surface area is 191 Å². The van der Waals surface area contributed by atoms with Crippen LogP contribution in [0.3, 0.4) is 0 Å². The van der Waals surface area contributed by atoms with Crippen LogP contribution in [-0.4, -0.2) is 42.9 Å². The van der Waals surface area contributed by atoms with Crippen molar-refractivity contribution in [3.05, 3.63) is 64.6 Å². The number of rotatable bonds is 10. The van der Waals surface area contributed by atoms with Gasteiger partial charge < -0.3 is 9.72 Å². The minimum atomic E-state index is -3.51. The normalized spacial score (nSPS) is 15.5. The molecule has 0 aliphatic carbocycles. The lowest BCUT2D eigenvalue weighted by Gasteiger charge is -2.06. The molecular formula is C23H26N4O5S. The maximum atomic E-state index is 12.1. The lowest BCUT2D eigenvalue weighted by molar-refractivity contribution is -0.143. The molecule has 0 fully saturated rings. The molecule has 2 aromatic carbocycles. The van der Waals surface area contributed by atoms with Crippen molar-refractivity contribution in [2.24, 2.45) is 4.99 Å². The van der Waals surface area contributed by atoms with Crippen molar-refractivity contribution in [1.82, 2.24) is 14.3 Å². The number of carbonyl (C=O) groups excluding carboxylic acids is 1. The van der Waals surface area contributed by atoms with Crippen molar-refractivity contribution in [2.75, 3.05) is 13.2 Å². The summed E-state index contributed by atoms with van der Waals surface area (Å²) >= 11 is 0. The number of aryl methyl sites for hydroxylation is 1. The van der Waals surface area contributed by atoms with Crippen LogP contribution in [0.15, 0.2) is 63.2 Å². The number of benzene rings is 2. The topological polar surface area (TPSA) is 123 Å². The van der Waals surface area contributed by atoms with Crippen molar-refractivity contribution in [2.45, 2.75) is 43.5 Å². The second-order valence-electron chi connectivity index (χ2n) is 7.82. The van der Waals surface area contributed by atoms with E-state index in [1.54, 1.807) is 28.8 Å². The molecule has 2 N–H and O–H groups in total. The van der Waals surface area contributed by atoms with Gasteiger partial charge in [-0.1, -0.05) is 30.7 Å². The van der Waals surface area contributed by atoms with Crippen LogP contribution in [-0.2, 0) is 26.1 Å². The summed E-state index contributed by atoms with van der Waals surface area (Å²) < 4.78 is 33.5. The molecule has 174 valence electrons. The third kappa shape index (κ3) is 5.33. The van der Waals surface area contributed by atoms with Crippen LogP contribution >= 0.6 is 0 Å². The first kappa shape index (κ1) is 22.8. The summed E-state index contributed by atoms with van der Waals surface area (Å²) in [5.41, 5.74) is 2.06. The highest BCUT2D eigenvalue weighted by Crippen LogP contribution is 2.22. The molecule has 33 heavy (non-hydrogen) atoms. The number of nitrogens with zero attached hydrogens (tertiary/aromatic N) is 2. The molecule has 1 aliphatic rings. The van der Waals surface area contributed by atoms with Gasteiger partial charge in [0.1, 0.15) is 5.84 Å². The van der Waals surface area contributed by atoms with Crippen molar-refractivity contribution < 1.29 is 17.9 Å². The number of unbranched alkanes of at least 4 members (excludes halogenated alkanes) is 2. The molecule has 0 amide bonds. The Balaban J connectivity index is 1.12. The van der Waals surface area contributed by atoms with Gasteiger partial charge in [-0.2, -0.15) is 0 Å². The Morgan fingerprint density at radius 2 is 1.79 bits per heavy atom. The number of esters is 1. The largest absolute Gasteiger partial charge is 0.466 e. The molecular weight excluding hydrogens is 444 g/mol. The number of hydrogen-bond donors (Lipinski definition) is 2. The zero-order valence-corrected chi connectivity index (χ0v) is 18.9. The number of H-pyrrole nitrogens is 1. The summed E-state index contributed by atoms with van der Waals surface area (Å²) in [4.78, 5) is 31.4. The van der Waals surface area contributed by atoms with Crippen LogP contribution in [0, 0.1) is 0 Å². The van der Waals surface area contributed by atoms with Crippen molar-refractivity contribution >= 4 is 32.9 Å². The maximum Gasteiger partial charge on any atom is 0.326 e. The van der Waals surface area contributed by atoms with Crippen LogP contribution in [0.1, 0.15) is 37.7 Å². The third-order valence-electron chi connectivity index (χ3n) is 5.44. The van der Waals surface area contributed by atoms with Gasteiger partial charge in [-0.05, 0) is 43.5 Å². The number of carbonyl (C=O) groups is 1. The molecule has 3 aromatic rings. The number of imidazole rings is 1. The first-order valence-electron chi connectivity index (χ1n) is 11.0. The number of para-hydroxylation sites is 2. The van der Waals surface area contributed by atoms with Gasteiger partial charge in [-0.25, -0.2) is 13.2 Å². The molecule has 4 rings (SSSR count). The van der Waals surface area contributed by atoms with E-state index in [0.29, 0.717) is 43.8 Å². The molecule has 2 heterocycles. The van der Waals surface area contributed by atoms with E-state index in [9.17, 15) is 18.0 Å². The highest BCUT2D eigenvalue weighted by atomic mass is 32.2. The fraction of sp³-hybridized carbons (Fsp3) is 0.348. The molecule has 10 heteroatoms. The van der Waals surface area contributed by atoms with Gasteiger partial charge in [-0.3, -0.25) is 19.1 Å². The zero-order valence-electron chi connectivity index (χ0n) is 18.1. The van der Waals surface area contributed by atoms with Crippen LogP contribution in [0.5, 0.6) is 0 Å². The van der Waals surface area contributed by atoms with Gasteiger partial charge in [0, 0.05) is 25.1 Å². The number of hydrogen-bond acceptors (Lipinski definition) is 6. The summed E-state index contributed by atoms with van der Waals surface area (Å²) in [6.07, 6.45) is 3.07. The molecule has 0 saturated carbocycles. The van der Waals surface area contributed by atoms with Gasteiger partial charge in [0.2, 0.25) is 0 Å². The Morgan fingerprint density at radius 3 is 2.67 bits per heavy atom. The quantitative estimate of drug-likeness (QED) is 0.348. The number of ether oxygens (including phenoxy) is 1. The molecule has 0 unspecified atom stereocenters. The number of aliphatic imine (C=N–C) groups is 1. The summed E-state index contributed by atoms with van der Waals surface area (Å²) in [5, 5.41) is 0. The number of aromatic nitrogens is 2. The Morgan fingerprint density at radius 1 is 1.00 bits per heavy atom. The predicted octanol–water partition coefficient (Wildman–Crippen LogP) is 2.56.